The van der Waals surface area contributed by atoms with Crippen molar-refractivity contribution in [3.05, 3.63) is 52.3 Å². The molecule has 2 N–H and O–H groups in total. The summed E-state index contributed by atoms with van der Waals surface area (Å²) >= 11 is 0. The van der Waals surface area contributed by atoms with E-state index in [1.165, 1.54) is 11.1 Å². The zero-order valence-electron chi connectivity index (χ0n) is 14.9. The fraction of sp³-hybridized carbons (Fsp3) is 0.474. The van der Waals surface area contributed by atoms with E-state index in [-0.39, 0.29) is 5.91 Å². The van der Waals surface area contributed by atoms with Gasteiger partial charge in [-0.15, -0.1) is 0 Å². The van der Waals surface area contributed by atoms with Crippen molar-refractivity contribution in [3.63, 3.8) is 0 Å². The predicted molar refractivity (Wildman–Crippen MR) is 96.4 cm³/mol. The molecule has 1 aromatic carbocycles. The molecule has 0 aliphatic carbocycles. The van der Waals surface area contributed by atoms with Crippen molar-refractivity contribution in [1.29, 1.82) is 0 Å². The van der Waals surface area contributed by atoms with Gasteiger partial charge in [0, 0.05) is 49.9 Å². The summed E-state index contributed by atoms with van der Waals surface area (Å²) in [6.45, 7) is 3.36. The Balaban J connectivity index is 1.42. The second kappa shape index (κ2) is 6.61. The molecule has 2 aliphatic heterocycles. The smallest absolute Gasteiger partial charge is 0.272 e. The van der Waals surface area contributed by atoms with Crippen molar-refractivity contribution >= 4 is 5.91 Å². The highest BCUT2D eigenvalue weighted by atomic mass is 16.1. The van der Waals surface area contributed by atoms with E-state index < -0.39 is 0 Å². The van der Waals surface area contributed by atoms with Crippen LogP contribution in [-0.2, 0) is 25.9 Å². The third-order valence-electron chi connectivity index (χ3n) is 5.45. The molecule has 6 heteroatoms. The second-order valence-electron chi connectivity index (χ2n) is 7.27. The number of carbonyl (C=O) groups is 1. The molecule has 0 radical (unpaired) electrons. The van der Waals surface area contributed by atoms with Gasteiger partial charge < -0.3 is 10.2 Å². The number of rotatable bonds is 3. The van der Waals surface area contributed by atoms with Crippen LogP contribution in [0.5, 0.6) is 0 Å². The van der Waals surface area contributed by atoms with Crippen LogP contribution in [0.15, 0.2) is 24.3 Å². The minimum absolute atomic E-state index is 0.0694. The number of likely N-dealkylation sites (N-methyl/N-ethyl adjacent to an activating group) is 2. The summed E-state index contributed by atoms with van der Waals surface area (Å²) in [7, 11) is 4.20. The molecule has 6 nitrogen and oxygen atoms in total. The van der Waals surface area contributed by atoms with E-state index in [2.05, 4.69) is 63.7 Å². The zero-order valence-corrected chi connectivity index (χ0v) is 14.9. The standard InChI is InChI=1S/C19H25N5O/c1-23-8-7-17-16(12-23)18(22-21-17)19(25)20-10-15-9-13-5-3-4-6-14(13)11-24(15)2/h3-6,15H,7-12H2,1-2H3,(H,20,25)(H,21,22)/t15-/m0/s1. The Morgan fingerprint density at radius 2 is 2.08 bits per heavy atom. The molecular formula is C19H25N5O. The molecule has 0 fully saturated rings. The van der Waals surface area contributed by atoms with E-state index >= 15 is 0 Å². The Bertz CT molecular complexity index is 784. The van der Waals surface area contributed by atoms with Gasteiger partial charge in [0.2, 0.25) is 0 Å². The number of H-pyrrole nitrogens is 1. The first kappa shape index (κ1) is 16.3. The molecule has 0 spiro atoms. The number of benzene rings is 1. The number of hydrogen-bond acceptors (Lipinski definition) is 4. The maximum Gasteiger partial charge on any atom is 0.272 e. The summed E-state index contributed by atoms with van der Waals surface area (Å²) < 4.78 is 0. The van der Waals surface area contributed by atoms with Gasteiger partial charge in [0.1, 0.15) is 0 Å². The molecule has 4 rings (SSSR count). The van der Waals surface area contributed by atoms with Crippen LogP contribution in [0.4, 0.5) is 0 Å². The van der Waals surface area contributed by atoms with Crippen LogP contribution in [0, 0.1) is 0 Å². The first-order chi connectivity index (χ1) is 12.1. The van der Waals surface area contributed by atoms with Crippen molar-refractivity contribution in [2.75, 3.05) is 27.2 Å². The van der Waals surface area contributed by atoms with Gasteiger partial charge in [-0.2, -0.15) is 5.10 Å². The quantitative estimate of drug-likeness (QED) is 0.882. The van der Waals surface area contributed by atoms with Crippen molar-refractivity contribution in [2.45, 2.75) is 32.0 Å². The second-order valence-corrected chi connectivity index (χ2v) is 7.27. The number of fused-ring (bicyclic) bond motifs is 2. The molecule has 0 unspecified atom stereocenters. The number of aromatic nitrogens is 2. The van der Waals surface area contributed by atoms with Gasteiger partial charge >= 0.3 is 0 Å². The van der Waals surface area contributed by atoms with Crippen molar-refractivity contribution in [3.8, 4) is 0 Å². The van der Waals surface area contributed by atoms with E-state index in [1.54, 1.807) is 0 Å². The number of hydrogen-bond donors (Lipinski definition) is 2. The van der Waals surface area contributed by atoms with Gasteiger partial charge in [-0.1, -0.05) is 24.3 Å². The summed E-state index contributed by atoms with van der Waals surface area (Å²) in [5.74, 6) is -0.0694. The highest BCUT2D eigenvalue weighted by Crippen LogP contribution is 2.22. The molecule has 2 aromatic rings. The first-order valence-electron chi connectivity index (χ1n) is 8.91. The fourth-order valence-corrected chi connectivity index (χ4v) is 3.86. The summed E-state index contributed by atoms with van der Waals surface area (Å²) in [6.07, 6.45) is 1.89. The largest absolute Gasteiger partial charge is 0.349 e. The molecule has 1 atom stereocenters. The first-order valence-corrected chi connectivity index (χ1v) is 8.91. The van der Waals surface area contributed by atoms with E-state index in [0.717, 1.165) is 43.7 Å². The van der Waals surface area contributed by atoms with E-state index in [4.69, 9.17) is 0 Å². The monoisotopic (exact) mass is 339 g/mol. The number of carbonyl (C=O) groups excluding carboxylic acids is 1. The van der Waals surface area contributed by atoms with Crippen molar-refractivity contribution in [1.82, 2.24) is 25.3 Å². The number of aromatic amines is 1. The summed E-state index contributed by atoms with van der Waals surface area (Å²) in [4.78, 5) is 17.2. The maximum atomic E-state index is 12.6. The van der Waals surface area contributed by atoms with Crippen LogP contribution < -0.4 is 5.32 Å². The lowest BCUT2D eigenvalue weighted by atomic mass is 9.94. The Labute approximate surface area is 148 Å². The van der Waals surface area contributed by atoms with Gasteiger partial charge in [0.05, 0.1) is 0 Å². The third-order valence-corrected chi connectivity index (χ3v) is 5.45. The minimum Gasteiger partial charge on any atom is -0.349 e. The van der Waals surface area contributed by atoms with Gasteiger partial charge in [-0.25, -0.2) is 0 Å². The molecule has 0 bridgehead atoms. The maximum absolute atomic E-state index is 12.6. The average molecular weight is 339 g/mol. The number of amides is 1. The molecule has 0 saturated carbocycles. The highest BCUT2D eigenvalue weighted by Gasteiger charge is 2.26. The number of nitrogens with zero attached hydrogens (tertiary/aromatic N) is 3. The Morgan fingerprint density at radius 1 is 1.28 bits per heavy atom. The number of nitrogens with one attached hydrogen (secondary N) is 2. The molecule has 0 saturated heterocycles. The van der Waals surface area contributed by atoms with Gasteiger partial charge in [-0.3, -0.25) is 14.8 Å². The van der Waals surface area contributed by atoms with E-state index in [9.17, 15) is 4.79 Å². The Kier molecular flexibility index (Phi) is 4.31. The predicted octanol–water partition coefficient (Wildman–Crippen LogP) is 1.18. The molecular weight excluding hydrogens is 314 g/mol. The molecule has 132 valence electrons. The van der Waals surface area contributed by atoms with Crippen molar-refractivity contribution < 1.29 is 4.79 Å². The Hall–Kier alpha value is -2.18. The summed E-state index contributed by atoms with van der Waals surface area (Å²) in [5.41, 5.74) is 5.48. The Morgan fingerprint density at radius 3 is 2.92 bits per heavy atom. The van der Waals surface area contributed by atoms with Crippen molar-refractivity contribution in [2.24, 2.45) is 0 Å². The fourth-order valence-electron chi connectivity index (χ4n) is 3.86. The lowest BCUT2D eigenvalue weighted by Gasteiger charge is -2.34. The topological polar surface area (TPSA) is 64.3 Å². The summed E-state index contributed by atoms with van der Waals surface area (Å²) in [5, 5.41) is 10.4. The van der Waals surface area contributed by atoms with Gasteiger partial charge in [0.15, 0.2) is 5.69 Å². The summed E-state index contributed by atoms with van der Waals surface area (Å²) in [6, 6.07) is 8.87. The van der Waals surface area contributed by atoms with Crippen LogP contribution in [-0.4, -0.2) is 59.1 Å². The lowest BCUT2D eigenvalue weighted by Crippen LogP contribution is -2.45. The highest BCUT2D eigenvalue weighted by molar-refractivity contribution is 5.94. The molecule has 3 heterocycles. The lowest BCUT2D eigenvalue weighted by molar-refractivity contribution is 0.0927. The molecule has 25 heavy (non-hydrogen) atoms. The van der Waals surface area contributed by atoms with Gasteiger partial charge in [0.25, 0.3) is 5.91 Å². The minimum atomic E-state index is -0.0694. The van der Waals surface area contributed by atoms with E-state index in [0.29, 0.717) is 18.3 Å². The molecule has 1 amide bonds. The SMILES string of the molecule is CN1CCc2[nH]nc(C(=O)NC[C@@H]3Cc4ccccc4CN3C)c2C1. The molecule has 1 aromatic heterocycles. The van der Waals surface area contributed by atoms with Gasteiger partial charge in [-0.05, 0) is 31.6 Å². The van der Waals surface area contributed by atoms with Crippen LogP contribution in [0.1, 0.15) is 32.9 Å². The molecule has 2 aliphatic rings. The van der Waals surface area contributed by atoms with Crippen LogP contribution >= 0.6 is 0 Å². The normalized spacial score (nSPS) is 20.8. The third kappa shape index (κ3) is 3.19. The zero-order chi connectivity index (χ0) is 17.4. The van der Waals surface area contributed by atoms with E-state index in [1.807, 2.05) is 0 Å². The van der Waals surface area contributed by atoms with Crippen LogP contribution in [0.25, 0.3) is 0 Å². The average Bonchev–Trinajstić information content (AvgIpc) is 3.02. The van der Waals surface area contributed by atoms with Crippen LogP contribution in [0.3, 0.4) is 0 Å². The van der Waals surface area contributed by atoms with Crippen LogP contribution in [0.2, 0.25) is 0 Å².